The molecule has 5 nitrogen and oxygen atoms in total. The monoisotopic (exact) mass is 419 g/mol. The first kappa shape index (κ1) is 17.7. The largest absolute Gasteiger partial charge is 0.383 e. The maximum Gasteiger partial charge on any atom is 0.255 e. The zero-order chi connectivity index (χ0) is 17.1. The summed E-state index contributed by atoms with van der Waals surface area (Å²) in [7, 11) is 0. The van der Waals surface area contributed by atoms with Gasteiger partial charge in [-0.05, 0) is 34.1 Å². The minimum atomic E-state index is -0.772. The van der Waals surface area contributed by atoms with Crippen molar-refractivity contribution in [2.24, 2.45) is 0 Å². The molecular formula is C14H9BrCl2FN3O2. The van der Waals surface area contributed by atoms with Gasteiger partial charge in [-0.1, -0.05) is 23.2 Å². The predicted molar refractivity (Wildman–Crippen MR) is 89.4 cm³/mol. The van der Waals surface area contributed by atoms with Crippen LogP contribution in [0.5, 0.6) is 0 Å². The Hall–Kier alpha value is -1.70. The van der Waals surface area contributed by atoms with Crippen molar-refractivity contribution in [3.8, 4) is 0 Å². The van der Waals surface area contributed by atoms with E-state index in [0.717, 1.165) is 6.07 Å². The average molecular weight is 421 g/mol. The summed E-state index contributed by atoms with van der Waals surface area (Å²) in [5.41, 5.74) is 5.52. The van der Waals surface area contributed by atoms with Crippen LogP contribution in [0.15, 0.2) is 28.9 Å². The molecule has 0 spiro atoms. The quantitative estimate of drug-likeness (QED) is 0.585. The third-order valence-electron chi connectivity index (χ3n) is 2.86. The van der Waals surface area contributed by atoms with Gasteiger partial charge in [-0.15, -0.1) is 0 Å². The summed E-state index contributed by atoms with van der Waals surface area (Å²) in [5.74, 6) is -1.99. The van der Waals surface area contributed by atoms with Crippen LogP contribution in [-0.2, 0) is 0 Å². The summed E-state index contributed by atoms with van der Waals surface area (Å²) in [5, 5.41) is 1.98. The molecule has 3 N–H and O–H groups in total. The number of Topliss-reactive ketones (excluding diaryl/α,β-unsaturated/α-hetero) is 1. The smallest absolute Gasteiger partial charge is 0.255 e. The van der Waals surface area contributed by atoms with Crippen LogP contribution in [-0.4, -0.2) is 23.2 Å². The molecule has 0 atom stereocenters. The minimum absolute atomic E-state index is 0.000662. The summed E-state index contributed by atoms with van der Waals surface area (Å²) in [6.45, 7) is -0.423. The fraction of sp³-hybridized carbons (Fsp3) is 0.0714. The molecule has 0 bridgehead atoms. The summed E-state index contributed by atoms with van der Waals surface area (Å²) in [6, 6.07) is 3.73. The van der Waals surface area contributed by atoms with Gasteiger partial charge in [0.05, 0.1) is 27.7 Å². The highest BCUT2D eigenvalue weighted by Gasteiger charge is 2.19. The fourth-order valence-corrected chi connectivity index (χ4v) is 2.67. The number of hydrogen-bond acceptors (Lipinski definition) is 4. The number of aromatic nitrogens is 1. The second-order valence-electron chi connectivity index (χ2n) is 4.41. The van der Waals surface area contributed by atoms with Gasteiger partial charge in [0.1, 0.15) is 11.6 Å². The lowest BCUT2D eigenvalue weighted by molar-refractivity contribution is 0.0904. The molecule has 0 saturated carbocycles. The second-order valence-corrected chi connectivity index (χ2v) is 6.11. The summed E-state index contributed by atoms with van der Waals surface area (Å²) in [6.07, 6.45) is 1.43. The van der Waals surface area contributed by atoms with Crippen LogP contribution in [0.2, 0.25) is 10.0 Å². The molecule has 0 aliphatic rings. The Balaban J connectivity index is 2.15. The molecule has 0 radical (unpaired) electrons. The molecule has 1 aromatic heterocycles. The number of nitrogen functional groups attached to an aromatic ring is 1. The van der Waals surface area contributed by atoms with Crippen molar-refractivity contribution < 1.29 is 14.0 Å². The van der Waals surface area contributed by atoms with Crippen LogP contribution in [0.1, 0.15) is 20.7 Å². The van der Waals surface area contributed by atoms with Crippen molar-refractivity contribution in [3.63, 3.8) is 0 Å². The standard InChI is InChI=1S/C14H9BrCl2FN3O2/c15-6-3-7(13(19)20-4-6)14(23)21-5-10(22)11-8(16)1-2-9(18)12(11)17/h1-4H,5H2,(H2,19,20)(H,21,23). The van der Waals surface area contributed by atoms with Crippen molar-refractivity contribution in [1.29, 1.82) is 0 Å². The molecule has 120 valence electrons. The van der Waals surface area contributed by atoms with E-state index in [1.54, 1.807) is 0 Å². The topological polar surface area (TPSA) is 85.1 Å². The predicted octanol–water partition coefficient (Wildman–Crippen LogP) is 3.48. The van der Waals surface area contributed by atoms with E-state index >= 15 is 0 Å². The number of carbonyl (C=O) groups is 2. The lowest BCUT2D eigenvalue weighted by Crippen LogP contribution is -2.30. The van der Waals surface area contributed by atoms with E-state index in [0.29, 0.717) is 4.47 Å². The van der Waals surface area contributed by atoms with Crippen LogP contribution < -0.4 is 11.1 Å². The molecule has 0 unspecified atom stereocenters. The Morgan fingerprint density at radius 3 is 2.74 bits per heavy atom. The van der Waals surface area contributed by atoms with Gasteiger partial charge in [0.25, 0.3) is 5.91 Å². The number of nitrogens with zero attached hydrogens (tertiary/aromatic N) is 1. The van der Waals surface area contributed by atoms with Crippen LogP contribution in [0, 0.1) is 5.82 Å². The number of carbonyl (C=O) groups excluding carboxylic acids is 2. The van der Waals surface area contributed by atoms with E-state index in [1.165, 1.54) is 18.3 Å². The first-order valence-electron chi connectivity index (χ1n) is 6.17. The maximum atomic E-state index is 13.4. The Bertz CT molecular complexity index is 802. The van der Waals surface area contributed by atoms with Crippen molar-refractivity contribution in [3.05, 3.63) is 55.9 Å². The number of benzene rings is 1. The number of nitrogens with two attached hydrogens (primary N) is 1. The highest BCUT2D eigenvalue weighted by atomic mass is 79.9. The minimum Gasteiger partial charge on any atom is -0.383 e. The number of ketones is 1. The van der Waals surface area contributed by atoms with Gasteiger partial charge in [-0.25, -0.2) is 9.37 Å². The molecule has 23 heavy (non-hydrogen) atoms. The van der Waals surface area contributed by atoms with E-state index < -0.39 is 24.1 Å². The van der Waals surface area contributed by atoms with E-state index in [4.69, 9.17) is 28.9 Å². The molecule has 1 heterocycles. The Morgan fingerprint density at radius 1 is 1.35 bits per heavy atom. The van der Waals surface area contributed by atoms with Gasteiger partial charge < -0.3 is 11.1 Å². The average Bonchev–Trinajstić information content (AvgIpc) is 2.51. The van der Waals surface area contributed by atoms with Gasteiger partial charge in [0.2, 0.25) is 0 Å². The van der Waals surface area contributed by atoms with Crippen LogP contribution >= 0.6 is 39.1 Å². The summed E-state index contributed by atoms with van der Waals surface area (Å²) >= 11 is 14.8. The van der Waals surface area contributed by atoms with Gasteiger partial charge >= 0.3 is 0 Å². The van der Waals surface area contributed by atoms with Crippen LogP contribution in [0.25, 0.3) is 0 Å². The number of anilines is 1. The second kappa shape index (κ2) is 7.25. The molecule has 0 aliphatic heterocycles. The molecule has 1 aromatic carbocycles. The summed E-state index contributed by atoms with van der Waals surface area (Å²) < 4.78 is 14.0. The SMILES string of the molecule is Nc1ncc(Br)cc1C(=O)NCC(=O)c1c(Cl)ccc(F)c1Cl. The fourth-order valence-electron chi connectivity index (χ4n) is 1.76. The number of rotatable bonds is 4. The Kier molecular flexibility index (Phi) is 5.56. The number of hydrogen-bond donors (Lipinski definition) is 2. The van der Waals surface area contributed by atoms with Crippen molar-refractivity contribution in [2.45, 2.75) is 0 Å². The lowest BCUT2D eigenvalue weighted by atomic mass is 10.1. The Morgan fingerprint density at radius 2 is 2.04 bits per heavy atom. The molecule has 9 heteroatoms. The van der Waals surface area contributed by atoms with Gasteiger partial charge in [-0.3, -0.25) is 9.59 Å². The van der Waals surface area contributed by atoms with Crippen LogP contribution in [0.3, 0.4) is 0 Å². The third kappa shape index (κ3) is 3.99. The highest BCUT2D eigenvalue weighted by Crippen LogP contribution is 2.27. The molecule has 2 rings (SSSR count). The molecule has 2 aromatic rings. The van der Waals surface area contributed by atoms with Crippen molar-refractivity contribution in [1.82, 2.24) is 10.3 Å². The molecule has 0 aliphatic carbocycles. The summed E-state index contributed by atoms with van der Waals surface area (Å²) in [4.78, 5) is 28.0. The lowest BCUT2D eigenvalue weighted by Gasteiger charge is -2.09. The number of amides is 1. The maximum absolute atomic E-state index is 13.4. The van der Waals surface area contributed by atoms with Crippen molar-refractivity contribution in [2.75, 3.05) is 12.3 Å². The highest BCUT2D eigenvalue weighted by molar-refractivity contribution is 9.10. The number of pyridine rings is 1. The normalized spacial score (nSPS) is 10.4. The van der Waals surface area contributed by atoms with Gasteiger partial charge in [-0.2, -0.15) is 0 Å². The Labute approximate surface area is 149 Å². The zero-order valence-corrected chi connectivity index (χ0v) is 14.5. The first-order valence-corrected chi connectivity index (χ1v) is 7.72. The van der Waals surface area contributed by atoms with E-state index in [-0.39, 0.29) is 27.0 Å². The van der Waals surface area contributed by atoms with Gasteiger partial charge in [0.15, 0.2) is 5.78 Å². The van der Waals surface area contributed by atoms with Crippen LogP contribution in [0.4, 0.5) is 10.2 Å². The number of nitrogens with one attached hydrogen (secondary N) is 1. The zero-order valence-electron chi connectivity index (χ0n) is 11.4. The van der Waals surface area contributed by atoms with Gasteiger partial charge in [0, 0.05) is 10.7 Å². The van der Waals surface area contributed by atoms with Crippen molar-refractivity contribution >= 4 is 56.6 Å². The molecule has 0 saturated heterocycles. The molecule has 0 fully saturated rings. The molecule has 1 amide bonds. The third-order valence-corrected chi connectivity index (χ3v) is 3.98. The first-order chi connectivity index (χ1) is 10.8. The van der Waals surface area contributed by atoms with E-state index in [9.17, 15) is 14.0 Å². The number of halogens is 4. The van der Waals surface area contributed by atoms with E-state index in [2.05, 4.69) is 26.2 Å². The molecular weight excluding hydrogens is 412 g/mol. The van der Waals surface area contributed by atoms with E-state index in [1.807, 2.05) is 0 Å².